The maximum absolute atomic E-state index is 12.9. The number of halogens is 2. The van der Waals surface area contributed by atoms with Crippen LogP contribution in [0.15, 0.2) is 61.1 Å². The van der Waals surface area contributed by atoms with E-state index in [0.717, 1.165) is 0 Å². The van der Waals surface area contributed by atoms with Gasteiger partial charge >= 0.3 is 0 Å². The van der Waals surface area contributed by atoms with Gasteiger partial charge in [0, 0.05) is 42.3 Å². The monoisotopic (exact) mass is 344 g/mol. The lowest BCUT2D eigenvalue weighted by Gasteiger charge is -2.01. The second kappa shape index (κ2) is 7.19. The van der Waals surface area contributed by atoms with Crippen LogP contribution in [0.3, 0.4) is 0 Å². The molecule has 0 aliphatic rings. The van der Waals surface area contributed by atoms with Crippen LogP contribution >= 0.6 is 12.4 Å². The van der Waals surface area contributed by atoms with Crippen molar-refractivity contribution in [2.24, 2.45) is 7.05 Å². The van der Waals surface area contributed by atoms with E-state index in [1.807, 2.05) is 0 Å². The lowest BCUT2D eigenvalue weighted by atomic mass is 10.0. The van der Waals surface area contributed by atoms with Gasteiger partial charge in [0.2, 0.25) is 5.78 Å². The highest BCUT2D eigenvalue weighted by Crippen LogP contribution is 2.16. The summed E-state index contributed by atoms with van der Waals surface area (Å²) in [4.78, 5) is 28.8. The molecule has 6 heteroatoms. The number of rotatable bonds is 4. The molecule has 0 aliphatic heterocycles. The van der Waals surface area contributed by atoms with E-state index in [-0.39, 0.29) is 24.0 Å². The van der Waals surface area contributed by atoms with Gasteiger partial charge in [-0.05, 0) is 42.5 Å². The van der Waals surface area contributed by atoms with Crippen LogP contribution in [-0.4, -0.2) is 21.1 Å². The van der Waals surface area contributed by atoms with Crippen molar-refractivity contribution in [3.8, 4) is 0 Å². The highest BCUT2D eigenvalue weighted by atomic mass is 35.5. The molecule has 122 valence electrons. The van der Waals surface area contributed by atoms with E-state index in [1.165, 1.54) is 30.5 Å². The van der Waals surface area contributed by atoms with E-state index in [4.69, 9.17) is 0 Å². The summed E-state index contributed by atoms with van der Waals surface area (Å²) in [5, 5.41) is 0. The molecule has 24 heavy (non-hydrogen) atoms. The fourth-order valence-corrected chi connectivity index (χ4v) is 2.33. The van der Waals surface area contributed by atoms with Gasteiger partial charge in [0.05, 0.1) is 5.69 Å². The molecule has 1 aromatic carbocycles. The third-order valence-electron chi connectivity index (χ3n) is 3.53. The molecule has 3 rings (SSSR count). The minimum absolute atomic E-state index is 0. The fourth-order valence-electron chi connectivity index (χ4n) is 2.33. The van der Waals surface area contributed by atoms with E-state index in [9.17, 15) is 14.0 Å². The summed E-state index contributed by atoms with van der Waals surface area (Å²) in [6.07, 6.45) is 4.66. The second-order valence-electron chi connectivity index (χ2n) is 5.13. The molecule has 0 atom stereocenters. The number of hydrogen-bond donors (Lipinski definition) is 0. The molecule has 0 saturated carbocycles. The van der Waals surface area contributed by atoms with Crippen molar-refractivity contribution >= 4 is 24.0 Å². The number of carbonyl (C=O) groups excluding carboxylic acids is 2. The minimum Gasteiger partial charge on any atom is -0.347 e. The Bertz CT molecular complexity index is 874. The molecule has 0 N–H and O–H groups in total. The fraction of sp³-hybridized carbons (Fsp3) is 0.0556. The number of carbonyl (C=O) groups is 2. The molecule has 0 fully saturated rings. The standard InChI is InChI=1S/C18H13FN2O2.ClH/c1-21-11-14(17(22)12-4-6-15(19)7-5-12)9-16(21)18(23)13-3-2-8-20-10-13;/h2-11H,1H3;1H. The van der Waals surface area contributed by atoms with Crippen LogP contribution in [0.2, 0.25) is 0 Å². The van der Waals surface area contributed by atoms with E-state index >= 15 is 0 Å². The van der Waals surface area contributed by atoms with E-state index in [1.54, 1.807) is 42.2 Å². The molecule has 0 bridgehead atoms. The topological polar surface area (TPSA) is 52.0 Å². The van der Waals surface area contributed by atoms with Gasteiger partial charge in [-0.2, -0.15) is 0 Å². The summed E-state index contributed by atoms with van der Waals surface area (Å²) >= 11 is 0. The zero-order chi connectivity index (χ0) is 16.4. The van der Waals surface area contributed by atoms with Crippen molar-refractivity contribution in [2.75, 3.05) is 0 Å². The summed E-state index contributed by atoms with van der Waals surface area (Å²) in [6.45, 7) is 0. The largest absolute Gasteiger partial charge is 0.347 e. The van der Waals surface area contributed by atoms with Gasteiger partial charge < -0.3 is 4.57 Å². The van der Waals surface area contributed by atoms with Crippen LogP contribution in [0.4, 0.5) is 4.39 Å². The quantitative estimate of drug-likeness (QED) is 0.681. The molecule has 0 spiro atoms. The van der Waals surface area contributed by atoms with Crippen molar-refractivity contribution in [1.82, 2.24) is 9.55 Å². The molecule has 0 saturated heterocycles. The molecular formula is C18H14ClFN2O2. The average molecular weight is 345 g/mol. The van der Waals surface area contributed by atoms with E-state index < -0.39 is 5.82 Å². The molecule has 0 radical (unpaired) electrons. The number of pyridine rings is 1. The third kappa shape index (κ3) is 3.41. The van der Waals surface area contributed by atoms with Crippen LogP contribution in [0.1, 0.15) is 32.0 Å². The first-order valence-corrected chi connectivity index (χ1v) is 6.97. The zero-order valence-electron chi connectivity index (χ0n) is 12.8. The van der Waals surface area contributed by atoms with Gasteiger partial charge in [0.15, 0.2) is 5.78 Å². The van der Waals surface area contributed by atoms with Crippen LogP contribution in [0.5, 0.6) is 0 Å². The molecule has 3 aromatic rings. The number of ketones is 2. The maximum Gasteiger partial charge on any atom is 0.210 e. The first kappa shape index (κ1) is 17.6. The average Bonchev–Trinajstić information content (AvgIpc) is 2.97. The summed E-state index contributed by atoms with van der Waals surface area (Å²) in [6, 6.07) is 10.2. The Morgan fingerprint density at radius 2 is 1.71 bits per heavy atom. The van der Waals surface area contributed by atoms with Crippen molar-refractivity contribution in [3.05, 3.63) is 89.3 Å². The summed E-state index contributed by atoms with van der Waals surface area (Å²) in [7, 11) is 1.70. The van der Waals surface area contributed by atoms with Crippen molar-refractivity contribution < 1.29 is 14.0 Å². The van der Waals surface area contributed by atoms with Gasteiger partial charge in [-0.25, -0.2) is 4.39 Å². The summed E-state index contributed by atoms with van der Waals surface area (Å²) in [5.41, 5.74) is 1.60. The summed E-state index contributed by atoms with van der Waals surface area (Å²) < 4.78 is 14.6. The normalized spacial score (nSPS) is 10.1. The van der Waals surface area contributed by atoms with E-state index in [0.29, 0.717) is 22.4 Å². The smallest absolute Gasteiger partial charge is 0.210 e. The van der Waals surface area contributed by atoms with Gasteiger partial charge in [0.25, 0.3) is 0 Å². The first-order valence-electron chi connectivity index (χ1n) is 6.97. The van der Waals surface area contributed by atoms with Crippen molar-refractivity contribution in [3.63, 3.8) is 0 Å². The molecular weight excluding hydrogens is 331 g/mol. The molecule has 0 amide bonds. The Labute approximate surface area is 144 Å². The number of aryl methyl sites for hydroxylation is 1. The maximum atomic E-state index is 12.9. The molecule has 0 aliphatic carbocycles. The number of aromatic nitrogens is 2. The Balaban J connectivity index is 0.00000208. The van der Waals surface area contributed by atoms with Crippen LogP contribution < -0.4 is 0 Å². The predicted octanol–water partition coefficient (Wildman–Crippen LogP) is 3.44. The highest BCUT2D eigenvalue weighted by molar-refractivity contribution is 6.12. The highest BCUT2D eigenvalue weighted by Gasteiger charge is 2.18. The lowest BCUT2D eigenvalue weighted by molar-refractivity contribution is 0.102. The predicted molar refractivity (Wildman–Crippen MR) is 90.2 cm³/mol. The van der Waals surface area contributed by atoms with Crippen LogP contribution in [0.25, 0.3) is 0 Å². The van der Waals surface area contributed by atoms with Crippen molar-refractivity contribution in [2.45, 2.75) is 0 Å². The number of nitrogens with zero attached hydrogens (tertiary/aromatic N) is 2. The molecule has 0 unspecified atom stereocenters. The molecule has 2 aromatic heterocycles. The molecule has 4 nitrogen and oxygen atoms in total. The first-order chi connectivity index (χ1) is 11.1. The Morgan fingerprint density at radius 1 is 1.00 bits per heavy atom. The number of hydrogen-bond acceptors (Lipinski definition) is 3. The lowest BCUT2D eigenvalue weighted by Crippen LogP contribution is -2.06. The Hall–Kier alpha value is -2.79. The van der Waals surface area contributed by atoms with Gasteiger partial charge in [-0.1, -0.05) is 0 Å². The Morgan fingerprint density at radius 3 is 2.33 bits per heavy atom. The van der Waals surface area contributed by atoms with Crippen molar-refractivity contribution in [1.29, 1.82) is 0 Å². The molecule has 2 heterocycles. The zero-order valence-corrected chi connectivity index (χ0v) is 13.6. The Kier molecular flexibility index (Phi) is 5.26. The van der Waals surface area contributed by atoms with Gasteiger partial charge in [-0.15, -0.1) is 12.4 Å². The summed E-state index contributed by atoms with van der Waals surface area (Å²) in [5.74, 6) is -0.869. The van der Waals surface area contributed by atoms with Crippen LogP contribution in [-0.2, 0) is 7.05 Å². The third-order valence-corrected chi connectivity index (χ3v) is 3.53. The second-order valence-corrected chi connectivity index (χ2v) is 5.13. The number of benzene rings is 1. The SMILES string of the molecule is Cl.Cn1cc(C(=O)c2ccc(F)cc2)cc1C(=O)c1cccnc1. The van der Waals surface area contributed by atoms with Crippen LogP contribution in [0, 0.1) is 5.82 Å². The van der Waals surface area contributed by atoms with Gasteiger partial charge in [-0.3, -0.25) is 14.6 Å². The van der Waals surface area contributed by atoms with Gasteiger partial charge in [0.1, 0.15) is 5.82 Å². The minimum atomic E-state index is -0.401. The van der Waals surface area contributed by atoms with E-state index in [2.05, 4.69) is 4.98 Å².